The molecule has 1 rings (SSSR count). The van der Waals surface area contributed by atoms with Crippen molar-refractivity contribution < 1.29 is 0 Å². The maximum Gasteiger partial charge on any atom is 0.112 e. The van der Waals surface area contributed by atoms with Crippen molar-refractivity contribution in [3.05, 3.63) is 0 Å². The number of nitrogens with zero attached hydrogens (tertiary/aromatic N) is 2. The molecule has 1 aliphatic heterocycles. The van der Waals surface area contributed by atoms with Crippen LogP contribution >= 0.6 is 34.8 Å². The highest BCUT2D eigenvalue weighted by atomic mass is 127. The Balaban J connectivity index is 2.42. The summed E-state index contributed by atoms with van der Waals surface area (Å²) in [5.74, 6) is 1.59. The average molecular weight is 243 g/mol. The Bertz CT molecular complexity index is 115. The van der Waals surface area contributed by atoms with Gasteiger partial charge in [0, 0.05) is 22.9 Å². The van der Waals surface area contributed by atoms with Gasteiger partial charge in [0.25, 0.3) is 0 Å². The topological polar surface area (TPSA) is 41.6 Å². The van der Waals surface area contributed by atoms with Gasteiger partial charge >= 0.3 is 0 Å². The van der Waals surface area contributed by atoms with Crippen molar-refractivity contribution in [2.45, 2.75) is 0 Å². The minimum Gasteiger partial charge on any atom is -0.387 e. The van der Waals surface area contributed by atoms with Crippen molar-refractivity contribution in [2.24, 2.45) is 10.7 Å². The lowest BCUT2D eigenvalue weighted by Gasteiger charge is -2.14. The third kappa shape index (κ3) is 1.79. The second-order valence-corrected chi connectivity index (χ2v) is 4.19. The second-order valence-electron chi connectivity index (χ2n) is 1.38. The van der Waals surface area contributed by atoms with Gasteiger partial charge in [-0.2, -0.15) is 2.52 Å². The summed E-state index contributed by atoms with van der Waals surface area (Å²) < 4.78 is 2.02. The lowest BCUT2D eigenvalue weighted by Crippen LogP contribution is -2.23. The Morgan fingerprint density at radius 1 is 1.88 bits per heavy atom. The monoisotopic (exact) mass is 243 g/mol. The Hall–Kier alpha value is 0.510. The molecule has 0 spiro atoms. The van der Waals surface area contributed by atoms with E-state index < -0.39 is 0 Å². The van der Waals surface area contributed by atoms with Crippen molar-refractivity contribution in [3.8, 4) is 0 Å². The molecule has 0 aromatic heterocycles. The summed E-state index contributed by atoms with van der Waals surface area (Å²) in [4.78, 5) is 4.00. The van der Waals surface area contributed by atoms with Crippen molar-refractivity contribution >= 4 is 40.6 Å². The molecule has 0 saturated heterocycles. The van der Waals surface area contributed by atoms with Gasteiger partial charge in [-0.3, -0.25) is 4.99 Å². The second kappa shape index (κ2) is 2.88. The Morgan fingerprint density at radius 3 is 3.00 bits per heavy atom. The Kier molecular flexibility index (Phi) is 2.39. The molecule has 0 unspecified atom stereocenters. The molecule has 0 radical (unpaired) electrons. The van der Waals surface area contributed by atoms with Gasteiger partial charge < -0.3 is 5.73 Å². The number of hydrogen-bond acceptors (Lipinski definition) is 4. The molecule has 46 valence electrons. The van der Waals surface area contributed by atoms with E-state index in [0.29, 0.717) is 0 Å². The first-order valence-corrected chi connectivity index (χ1v) is 4.05. The molecule has 3 nitrogen and oxygen atoms in total. The van der Waals surface area contributed by atoms with Crippen LogP contribution in [0.15, 0.2) is 4.99 Å². The molecule has 0 aromatic rings. The summed E-state index contributed by atoms with van der Waals surface area (Å²) in [7, 11) is 0. The molecule has 0 fully saturated rings. The lowest BCUT2D eigenvalue weighted by atomic mass is 10.7. The van der Waals surface area contributed by atoms with Crippen LogP contribution in [-0.2, 0) is 0 Å². The summed E-state index contributed by atoms with van der Waals surface area (Å²) in [6.07, 6.45) is 0. The highest BCUT2D eigenvalue weighted by molar-refractivity contribution is 14.1. The summed E-state index contributed by atoms with van der Waals surface area (Å²) >= 11 is 3.89. The van der Waals surface area contributed by atoms with E-state index in [2.05, 4.69) is 27.9 Å². The molecule has 1 aliphatic rings. The van der Waals surface area contributed by atoms with E-state index in [4.69, 9.17) is 5.73 Å². The van der Waals surface area contributed by atoms with Crippen LogP contribution in [0.4, 0.5) is 0 Å². The smallest absolute Gasteiger partial charge is 0.112 e. The minimum absolute atomic E-state index is 0.719. The predicted octanol–water partition coefficient (Wildman–Crippen LogP) is 0.615. The molecule has 2 N–H and O–H groups in total. The molecular weight excluding hydrogens is 237 g/mol. The molecule has 0 atom stereocenters. The quantitative estimate of drug-likeness (QED) is 0.385. The van der Waals surface area contributed by atoms with Crippen LogP contribution in [0.1, 0.15) is 0 Å². The molecule has 0 bridgehead atoms. The van der Waals surface area contributed by atoms with Crippen molar-refractivity contribution in [1.29, 1.82) is 0 Å². The molecule has 0 amide bonds. The average Bonchev–Trinajstić information content (AvgIpc) is 1.77. The molecule has 5 heteroatoms. The van der Waals surface area contributed by atoms with Gasteiger partial charge in [0.05, 0.1) is 5.75 Å². The zero-order valence-corrected chi connectivity index (χ0v) is 7.15. The number of amidine groups is 1. The van der Waals surface area contributed by atoms with Crippen LogP contribution in [0, 0.1) is 0 Å². The van der Waals surface area contributed by atoms with Gasteiger partial charge in [-0.25, -0.2) is 0 Å². The highest BCUT2D eigenvalue weighted by Gasteiger charge is 2.06. The third-order valence-electron chi connectivity index (χ3n) is 0.738. The number of nitrogens with two attached hydrogens (primary N) is 1. The van der Waals surface area contributed by atoms with Crippen LogP contribution < -0.4 is 5.73 Å². The van der Waals surface area contributed by atoms with Gasteiger partial charge in [-0.1, -0.05) is 11.9 Å². The molecule has 0 saturated carbocycles. The Labute approximate surface area is 66.3 Å². The first-order valence-electron chi connectivity index (χ1n) is 2.14. The third-order valence-corrected chi connectivity index (χ3v) is 2.70. The van der Waals surface area contributed by atoms with Crippen LogP contribution in [0.25, 0.3) is 0 Å². The van der Waals surface area contributed by atoms with Crippen LogP contribution in [0.5, 0.6) is 0 Å². The largest absolute Gasteiger partial charge is 0.387 e. The lowest BCUT2D eigenvalue weighted by molar-refractivity contribution is 0.797. The maximum atomic E-state index is 5.40. The molecule has 8 heavy (non-hydrogen) atoms. The van der Waals surface area contributed by atoms with E-state index in [9.17, 15) is 0 Å². The fourth-order valence-electron chi connectivity index (χ4n) is 0.369. The zero-order chi connectivity index (χ0) is 5.98. The fourth-order valence-corrected chi connectivity index (χ4v) is 1.44. The van der Waals surface area contributed by atoms with Crippen LogP contribution in [0.3, 0.4) is 0 Å². The van der Waals surface area contributed by atoms with Crippen LogP contribution in [0.2, 0.25) is 0 Å². The fraction of sp³-hybridized carbons (Fsp3) is 0.667. The van der Waals surface area contributed by atoms with E-state index in [1.165, 1.54) is 0 Å². The van der Waals surface area contributed by atoms with Crippen molar-refractivity contribution in [2.75, 3.05) is 12.4 Å². The number of hydrogen-bond donors (Lipinski definition) is 1. The first kappa shape index (κ1) is 6.63. The highest BCUT2D eigenvalue weighted by Crippen LogP contribution is 2.17. The van der Waals surface area contributed by atoms with Crippen molar-refractivity contribution in [1.82, 2.24) is 2.52 Å². The summed E-state index contributed by atoms with van der Waals surface area (Å²) in [5.41, 5.74) is 5.40. The number of aliphatic imine (C=N–C) groups is 1. The molecule has 0 aliphatic carbocycles. The van der Waals surface area contributed by atoms with Crippen LogP contribution in [-0.4, -0.2) is 20.8 Å². The standard InChI is InChI=1S/C3H6IN3S/c4-7-2-6-3(5)1-8-7/h1-2H2,(H2,5,6). The van der Waals surface area contributed by atoms with Gasteiger partial charge in [0.2, 0.25) is 0 Å². The van der Waals surface area contributed by atoms with Gasteiger partial charge in [-0.05, 0) is 0 Å². The molecular formula is C3H6IN3S. The Morgan fingerprint density at radius 2 is 2.62 bits per heavy atom. The van der Waals surface area contributed by atoms with E-state index in [0.717, 1.165) is 18.3 Å². The SMILES string of the molecule is NC1=NCN(I)SC1. The zero-order valence-electron chi connectivity index (χ0n) is 4.17. The van der Waals surface area contributed by atoms with Gasteiger partial charge in [0.1, 0.15) is 12.5 Å². The molecule has 1 heterocycles. The number of rotatable bonds is 0. The van der Waals surface area contributed by atoms with E-state index in [1.54, 1.807) is 11.9 Å². The van der Waals surface area contributed by atoms with E-state index >= 15 is 0 Å². The minimum atomic E-state index is 0.719. The first-order chi connectivity index (χ1) is 3.79. The van der Waals surface area contributed by atoms with Gasteiger partial charge in [-0.15, -0.1) is 0 Å². The van der Waals surface area contributed by atoms with E-state index in [1.807, 2.05) is 2.52 Å². The summed E-state index contributed by atoms with van der Waals surface area (Å²) in [6.45, 7) is 0.719. The summed E-state index contributed by atoms with van der Waals surface area (Å²) in [5, 5.41) is 0. The molecule has 0 aromatic carbocycles. The maximum absolute atomic E-state index is 5.40. The van der Waals surface area contributed by atoms with Crippen molar-refractivity contribution in [3.63, 3.8) is 0 Å². The normalized spacial score (nSPS) is 22.9. The summed E-state index contributed by atoms with van der Waals surface area (Å²) in [6, 6.07) is 0. The van der Waals surface area contributed by atoms with E-state index in [-0.39, 0.29) is 0 Å². The predicted molar refractivity (Wildman–Crippen MR) is 44.8 cm³/mol. The number of halogens is 1. The van der Waals surface area contributed by atoms with Gasteiger partial charge in [0.15, 0.2) is 0 Å².